The molecule has 42 nitrogen and oxygen atoms in total. The molecule has 3 rings (SSSR count). The molecule has 116 heavy (non-hydrogen) atoms. The van der Waals surface area contributed by atoms with Gasteiger partial charge in [0.15, 0.2) is 18.9 Å². The van der Waals surface area contributed by atoms with Crippen molar-refractivity contribution in [1.29, 1.82) is 0 Å². The van der Waals surface area contributed by atoms with Crippen LogP contribution < -0.4 is 53.2 Å². The molecule has 0 radical (unpaired) electrons. The van der Waals surface area contributed by atoms with Gasteiger partial charge in [-0.25, -0.2) is 0 Å². The van der Waals surface area contributed by atoms with E-state index in [1.54, 1.807) is 0 Å². The highest BCUT2D eigenvalue weighted by Gasteiger charge is 2.48. The van der Waals surface area contributed by atoms with Crippen LogP contribution in [0.2, 0.25) is 0 Å². The minimum absolute atomic E-state index is 0.0342. The van der Waals surface area contributed by atoms with Crippen molar-refractivity contribution in [1.82, 2.24) is 53.2 Å². The van der Waals surface area contributed by atoms with Crippen LogP contribution in [0.25, 0.3) is 0 Å². The fourth-order valence-corrected chi connectivity index (χ4v) is 12.0. The van der Waals surface area contributed by atoms with Crippen LogP contribution in [0, 0.1) is 5.41 Å². The Morgan fingerprint density at radius 1 is 0.310 bits per heavy atom. The van der Waals surface area contributed by atoms with Gasteiger partial charge in [-0.3, -0.25) is 47.9 Å². The molecule has 3 heterocycles. The average Bonchev–Trinajstić information content (AvgIpc) is 0.824. The number of amides is 9. The molecule has 3 saturated heterocycles. The Balaban J connectivity index is 1.56. The predicted octanol–water partition coefficient (Wildman–Crippen LogP) is -6.91. The zero-order valence-electron chi connectivity index (χ0n) is 67.7. The summed E-state index contributed by atoms with van der Waals surface area (Å²) in [6.45, 7) is 5.86. The highest BCUT2D eigenvalue weighted by atomic mass is 16.7. The summed E-state index contributed by atoms with van der Waals surface area (Å²) in [5.74, 6) is -3.62. The number of Topliss-reactive ketones (excluding diaryl/α,β-unsaturated/α-hetero) is 1. The maximum atomic E-state index is 14.0. The largest absolute Gasteiger partial charge is 0.394 e. The molecule has 15 atom stereocenters. The van der Waals surface area contributed by atoms with Crippen LogP contribution in [0.3, 0.4) is 0 Å². The third-order valence-corrected chi connectivity index (χ3v) is 18.3. The number of ketones is 1. The second kappa shape index (κ2) is 63.0. The number of aliphatic hydroxyl groups excluding tert-OH is 9. The normalized spacial score (nSPS) is 23.8. The number of likely N-dealkylation sites (N-methyl/N-ethyl adjacent to an activating group) is 1. The number of hydrogen-bond donors (Lipinski definition) is 19. The Kier molecular flexibility index (Phi) is 56.6. The first-order valence-electron chi connectivity index (χ1n) is 40.1. The highest BCUT2D eigenvalue weighted by Crippen LogP contribution is 2.28. The molecule has 0 saturated carbocycles. The van der Waals surface area contributed by atoms with Crippen LogP contribution in [0.15, 0.2) is 0 Å². The molecule has 0 spiro atoms. The van der Waals surface area contributed by atoms with Gasteiger partial charge in [0.1, 0.15) is 78.8 Å². The third kappa shape index (κ3) is 45.4. The molecule has 3 aliphatic heterocycles. The summed E-state index contributed by atoms with van der Waals surface area (Å²) in [6, 6.07) is -3.29. The molecular weight excluding hydrogens is 1540 g/mol. The summed E-state index contributed by atoms with van der Waals surface area (Å²) in [6.07, 6.45) is -12.2. The monoisotopic (exact) mass is 1670 g/mol. The van der Waals surface area contributed by atoms with E-state index in [2.05, 4.69) is 53.2 Å². The highest BCUT2D eigenvalue weighted by molar-refractivity contribution is 5.80. The molecule has 42 heteroatoms. The molecule has 3 fully saturated rings. The second-order valence-corrected chi connectivity index (χ2v) is 28.4. The number of hydrogen-bond acceptors (Lipinski definition) is 33. The van der Waals surface area contributed by atoms with Crippen LogP contribution >= 0.6 is 0 Å². The van der Waals surface area contributed by atoms with E-state index in [0.29, 0.717) is 90.8 Å². The molecule has 9 amide bonds. The summed E-state index contributed by atoms with van der Waals surface area (Å²) in [5, 5.41) is 118. The minimum atomic E-state index is -1.46. The van der Waals surface area contributed by atoms with Crippen molar-refractivity contribution in [3.63, 3.8) is 0 Å². The molecule has 0 bridgehead atoms. The number of rotatable bonds is 68. The van der Waals surface area contributed by atoms with Gasteiger partial charge >= 0.3 is 0 Å². The van der Waals surface area contributed by atoms with Gasteiger partial charge in [0, 0.05) is 143 Å². The van der Waals surface area contributed by atoms with E-state index >= 15 is 0 Å². The van der Waals surface area contributed by atoms with E-state index in [9.17, 15) is 93.9 Å². The quantitative estimate of drug-likeness (QED) is 0.0252. The Morgan fingerprint density at radius 3 is 0.853 bits per heavy atom. The molecular formula is C74H134N10O32. The van der Waals surface area contributed by atoms with Crippen molar-refractivity contribution in [3.8, 4) is 0 Å². The van der Waals surface area contributed by atoms with Crippen LogP contribution in [0.4, 0.5) is 0 Å². The SMILES string of the molecule is CNCCOCCOCCOCCOCCC(=O)CC(COCCC(=O)NCCCNC(=O)CCCCOC1OC(CO)C(O)C(O)C1NC(C)=O)(COCCC(=O)NCCCNC(=O)CCCCOC1OC(CO)C(O)C(O)C1NC(C)=O)COCCC(=O)NCCCNC(=O)CCCCOC1OC(CO)C(O)C(O)C1NC(C)=O. The van der Waals surface area contributed by atoms with Gasteiger partial charge in [-0.05, 0) is 64.8 Å². The van der Waals surface area contributed by atoms with Crippen LogP contribution in [0.1, 0.15) is 130 Å². The smallest absolute Gasteiger partial charge is 0.222 e. The molecule has 3 aliphatic rings. The number of unbranched alkanes of at least 4 members (excludes halogenated alkanes) is 3. The van der Waals surface area contributed by atoms with E-state index in [4.69, 9.17) is 61.6 Å². The second-order valence-electron chi connectivity index (χ2n) is 28.4. The summed E-state index contributed by atoms with van der Waals surface area (Å²) >= 11 is 0. The number of carbonyl (C=O) groups is 10. The van der Waals surface area contributed by atoms with Gasteiger partial charge in [-0.1, -0.05) is 0 Å². The predicted molar refractivity (Wildman–Crippen MR) is 408 cm³/mol. The Labute approximate surface area is 677 Å². The van der Waals surface area contributed by atoms with Crippen molar-refractivity contribution in [2.24, 2.45) is 5.41 Å². The molecule has 0 aromatic carbocycles. The lowest BCUT2D eigenvalue weighted by molar-refractivity contribution is -0.270. The number of nitrogens with one attached hydrogen (secondary N) is 10. The zero-order valence-corrected chi connectivity index (χ0v) is 67.7. The topological polar surface area (TPSA) is 593 Å². The molecule has 15 unspecified atom stereocenters. The number of aliphatic hydroxyl groups is 9. The van der Waals surface area contributed by atoms with Crippen LogP contribution in [-0.2, 0) is 110 Å². The number of carbonyl (C=O) groups excluding carboxylic acids is 10. The summed E-state index contributed by atoms with van der Waals surface area (Å²) in [7, 11) is 1.83. The minimum Gasteiger partial charge on any atom is -0.394 e. The zero-order chi connectivity index (χ0) is 85.3. The van der Waals surface area contributed by atoms with E-state index in [0.717, 1.165) is 6.54 Å². The first-order valence-corrected chi connectivity index (χ1v) is 40.1. The number of ether oxygens (including phenoxy) is 13. The third-order valence-electron chi connectivity index (χ3n) is 18.3. The van der Waals surface area contributed by atoms with Crippen molar-refractivity contribution >= 4 is 58.9 Å². The molecule has 0 aromatic rings. The van der Waals surface area contributed by atoms with E-state index in [1.807, 2.05) is 7.05 Å². The van der Waals surface area contributed by atoms with E-state index in [1.165, 1.54) is 20.8 Å². The molecule has 19 N–H and O–H groups in total. The first kappa shape index (κ1) is 104. The van der Waals surface area contributed by atoms with Crippen molar-refractivity contribution in [3.05, 3.63) is 0 Å². The standard InChI is InChI=1S/C74H134N10O32/c1-49(88)82-62-68(101)65(98)53(43-85)114-71(62)111-28-8-5-14-56(92)76-21-11-24-79-59(95)18-32-108-46-74(42-52(91)17-31-104-36-38-106-40-41-107-39-37-105-35-27-75-4,47-109-33-19-60(96)80-25-12-22-77-57(93)15-6-9-29-112-72-63(83-50(2)89)69(102)66(99)54(44-86)115-72)48-110-34-20-61(97)81-26-13-23-78-58(94)16-7-10-30-113-73-64(84-51(3)90)70(103)67(100)55(45-87)116-73/h53-55,62-73,75,85-87,98-103H,5-48H2,1-4H3,(H,76,92)(H,77,93)(H,78,94)(H,79,95)(H,80,96)(H,81,97)(H,82,88)(H,83,89)(H,84,90). The maximum absolute atomic E-state index is 14.0. The van der Waals surface area contributed by atoms with Gasteiger partial charge < -0.3 is 161 Å². The summed E-state index contributed by atoms with van der Waals surface area (Å²) in [4.78, 5) is 126. The van der Waals surface area contributed by atoms with E-state index < -0.39 is 135 Å². The lowest BCUT2D eigenvalue weighted by Crippen LogP contribution is -2.64. The lowest BCUT2D eigenvalue weighted by Gasteiger charge is -2.42. The maximum Gasteiger partial charge on any atom is 0.222 e. The van der Waals surface area contributed by atoms with Gasteiger partial charge in [-0.2, -0.15) is 0 Å². The van der Waals surface area contributed by atoms with Crippen molar-refractivity contribution in [2.45, 2.75) is 222 Å². The van der Waals surface area contributed by atoms with Gasteiger partial charge in [-0.15, -0.1) is 0 Å². The van der Waals surface area contributed by atoms with Crippen LogP contribution in [-0.4, -0.2) is 382 Å². The molecule has 0 aliphatic carbocycles. The molecule has 672 valence electrons. The van der Waals surface area contributed by atoms with Crippen molar-refractivity contribution < 1.29 is 155 Å². The first-order chi connectivity index (χ1) is 55.8. The Morgan fingerprint density at radius 2 is 0.578 bits per heavy atom. The summed E-state index contributed by atoms with van der Waals surface area (Å²) in [5.41, 5.74) is -1.24. The van der Waals surface area contributed by atoms with Gasteiger partial charge in [0.25, 0.3) is 0 Å². The van der Waals surface area contributed by atoms with Gasteiger partial charge in [0.2, 0.25) is 53.2 Å². The fourth-order valence-electron chi connectivity index (χ4n) is 12.0. The molecule has 0 aromatic heterocycles. The lowest BCUT2D eigenvalue weighted by atomic mass is 9.84. The average molecular weight is 1680 g/mol. The Hall–Kier alpha value is -6.02. The fraction of sp³-hybridized carbons (Fsp3) is 0.865. The Bertz CT molecular complexity index is 2520. The van der Waals surface area contributed by atoms with Crippen molar-refractivity contribution in [2.75, 3.05) is 185 Å². The van der Waals surface area contributed by atoms with Gasteiger partial charge in [0.05, 0.1) is 112 Å². The summed E-state index contributed by atoms with van der Waals surface area (Å²) < 4.78 is 74.5. The van der Waals surface area contributed by atoms with E-state index in [-0.39, 0.29) is 211 Å². The van der Waals surface area contributed by atoms with Crippen LogP contribution in [0.5, 0.6) is 0 Å².